The monoisotopic (exact) mass is 923 g/mol. The lowest BCUT2D eigenvalue weighted by molar-refractivity contribution is -0.384. The number of carbonyl (C=O) groups is 2. The number of ether oxygens (including phenoxy) is 3. The lowest BCUT2D eigenvalue weighted by atomic mass is 9.86. The fourth-order valence-corrected chi connectivity index (χ4v) is 10.3. The van der Waals surface area contributed by atoms with E-state index in [1.54, 1.807) is 68.7 Å². The van der Waals surface area contributed by atoms with Gasteiger partial charge in [0.15, 0.2) is 23.3 Å². The highest BCUT2D eigenvalue weighted by molar-refractivity contribution is 7.53. The van der Waals surface area contributed by atoms with Crippen LogP contribution in [0.1, 0.15) is 73.9 Å². The summed E-state index contributed by atoms with van der Waals surface area (Å²) in [5.41, 5.74) is 0.392. The second-order valence-electron chi connectivity index (χ2n) is 16.0. The van der Waals surface area contributed by atoms with Crippen LogP contribution in [-0.4, -0.2) is 70.8 Å². The highest BCUT2D eigenvalue weighted by Crippen LogP contribution is 2.49. The Morgan fingerprint density at radius 3 is 1.79 bits per heavy atom. The molecular weight excluding hydrogens is 881 g/mol. The number of nitro groups is 1. The summed E-state index contributed by atoms with van der Waals surface area (Å²) in [7, 11) is -3.64. The van der Waals surface area contributed by atoms with Crippen LogP contribution < -0.4 is 15.9 Å². The number of fused-ring (bicyclic) bond motifs is 10. The van der Waals surface area contributed by atoms with Gasteiger partial charge in [-0.3, -0.25) is 24.3 Å². The summed E-state index contributed by atoms with van der Waals surface area (Å²) in [4.78, 5) is 71.7. The normalized spacial score (nSPS) is 18.8. The summed E-state index contributed by atoms with van der Waals surface area (Å²) in [6.45, 7) is 6.79. The van der Waals surface area contributed by atoms with Crippen molar-refractivity contribution in [1.29, 1.82) is 0 Å². The molecule has 2 aromatic carbocycles. The average Bonchev–Trinajstić information content (AvgIpc) is 3.84. The summed E-state index contributed by atoms with van der Waals surface area (Å²) in [5.74, 6) is -1.55. The van der Waals surface area contributed by atoms with Crippen molar-refractivity contribution in [3.63, 3.8) is 0 Å². The van der Waals surface area contributed by atoms with E-state index in [2.05, 4.69) is 9.97 Å². The van der Waals surface area contributed by atoms with Crippen LogP contribution in [0, 0.1) is 10.1 Å². The molecule has 21 heteroatoms. The van der Waals surface area contributed by atoms with E-state index in [0.29, 0.717) is 51.5 Å². The maximum Gasteiger partial charge on any atom is 0.367 e. The van der Waals surface area contributed by atoms with Crippen LogP contribution in [0.15, 0.2) is 64.2 Å². The van der Waals surface area contributed by atoms with Gasteiger partial charge >= 0.3 is 25.2 Å². The number of aromatic hydroxyl groups is 1. The van der Waals surface area contributed by atoms with Crippen molar-refractivity contribution in [2.24, 2.45) is 0 Å². The molecule has 2 atom stereocenters. The second kappa shape index (κ2) is 16.2. The number of benzene rings is 2. The minimum Gasteiger partial charge on any atom is -0.508 e. The van der Waals surface area contributed by atoms with Crippen molar-refractivity contribution in [2.75, 3.05) is 19.6 Å². The minimum absolute atomic E-state index is 0.00816. The van der Waals surface area contributed by atoms with Crippen LogP contribution in [-0.2, 0) is 70.2 Å². The number of aromatic nitrogens is 4. The van der Waals surface area contributed by atoms with Crippen molar-refractivity contribution in [3.05, 3.63) is 119 Å². The molecule has 342 valence electrons. The molecule has 0 aliphatic carbocycles. The van der Waals surface area contributed by atoms with Gasteiger partial charge in [0.05, 0.1) is 81.5 Å². The van der Waals surface area contributed by atoms with Gasteiger partial charge in [-0.1, -0.05) is 13.8 Å². The Morgan fingerprint density at radius 2 is 1.27 bits per heavy atom. The zero-order valence-electron chi connectivity index (χ0n) is 36.0. The average molecular weight is 924 g/mol. The van der Waals surface area contributed by atoms with Gasteiger partial charge in [-0.05, 0) is 81.3 Å². The number of aliphatic hydroxyl groups is 2. The molecule has 0 amide bonds. The molecule has 8 heterocycles. The molecule has 4 aromatic heterocycles. The first kappa shape index (κ1) is 44.4. The van der Waals surface area contributed by atoms with Crippen LogP contribution in [0.4, 0.5) is 5.69 Å². The highest BCUT2D eigenvalue weighted by atomic mass is 31.2. The van der Waals surface area contributed by atoms with E-state index >= 15 is 0 Å². The first-order valence-corrected chi connectivity index (χ1v) is 22.8. The van der Waals surface area contributed by atoms with Crippen LogP contribution in [0.3, 0.4) is 0 Å². The molecule has 10 rings (SSSR count). The maximum atomic E-state index is 13.3. The molecule has 4 aliphatic rings. The molecule has 6 aromatic rings. The zero-order chi connectivity index (χ0) is 47.0. The van der Waals surface area contributed by atoms with E-state index in [1.807, 2.05) is 6.07 Å². The standard InChI is InChI=1S/C25H26N3O10P.C20H16N2O5/c1-4-25(31)17-10-19-21-14(11-27(19)23(29)16(17)12-35-24(25)30)9-15-18(26-21)7-8-20(22(15)28(32)33)36-13-39(34,37-5-2)38-6-3;1-2-20(26)14-7-16-17-11(5-10-6-12(23)3-4-15(10)21-17)8-22(16)18(24)13(14)9-27-19(20)25/h7-10,31H,4-6,11-13H2,1-3H3;3-7,23,26H,2,8-9H2,1H3/t25-;20-/m00/s1. The third kappa shape index (κ3) is 6.94. The number of carbonyl (C=O) groups excluding carboxylic acids is 2. The van der Waals surface area contributed by atoms with Crippen molar-refractivity contribution < 1.29 is 57.7 Å². The Balaban J connectivity index is 0.000000177. The first-order chi connectivity index (χ1) is 31.5. The smallest absolute Gasteiger partial charge is 0.367 e. The third-order valence-corrected chi connectivity index (χ3v) is 14.1. The van der Waals surface area contributed by atoms with Gasteiger partial charge in [0.2, 0.25) is 0 Å². The molecule has 0 bridgehead atoms. The Labute approximate surface area is 373 Å². The number of phenols is 1. The number of nitrogens with zero attached hydrogens (tertiary/aromatic N) is 5. The SMILES string of the molecule is CCOP(=O)(COc1ccc2nc3c(cc2c1[N+](=O)[O-])Cn1c-3cc2c(c1=O)COC(=O)[C@]2(O)CC)OCC.CC[C@@]1(O)C(=O)OCc2c1cc1n(c2=O)Cc2cc3cc(O)ccc3nc2-1. The molecule has 0 saturated carbocycles. The van der Waals surface area contributed by atoms with Crippen LogP contribution in [0.25, 0.3) is 44.6 Å². The van der Waals surface area contributed by atoms with Crippen LogP contribution in [0.2, 0.25) is 0 Å². The summed E-state index contributed by atoms with van der Waals surface area (Å²) in [6, 6.07) is 14.5. The lowest BCUT2D eigenvalue weighted by Crippen LogP contribution is -2.44. The van der Waals surface area contributed by atoms with Gasteiger partial charge in [-0.25, -0.2) is 19.6 Å². The Bertz CT molecular complexity index is 3270. The van der Waals surface area contributed by atoms with E-state index in [9.17, 15) is 49.2 Å². The second-order valence-corrected chi connectivity index (χ2v) is 18.0. The first-order valence-electron chi connectivity index (χ1n) is 21.1. The number of rotatable bonds is 10. The van der Waals surface area contributed by atoms with E-state index in [1.165, 1.54) is 16.7 Å². The fraction of sp³-hybridized carbons (Fsp3) is 0.333. The minimum atomic E-state index is -3.64. The summed E-state index contributed by atoms with van der Waals surface area (Å²) in [6.07, 6.45) is -0.403. The molecule has 0 saturated heterocycles. The zero-order valence-corrected chi connectivity index (χ0v) is 36.9. The van der Waals surface area contributed by atoms with Crippen molar-refractivity contribution in [2.45, 2.75) is 78.0 Å². The van der Waals surface area contributed by atoms with Gasteiger partial charge in [0.1, 0.15) is 19.0 Å². The number of cyclic esters (lactones) is 2. The number of phenolic OH excluding ortho intramolecular Hbond substituents is 1. The van der Waals surface area contributed by atoms with E-state index in [0.717, 1.165) is 10.9 Å². The molecule has 0 unspecified atom stereocenters. The van der Waals surface area contributed by atoms with Gasteiger partial charge in [-0.15, -0.1) is 0 Å². The van der Waals surface area contributed by atoms with Crippen molar-refractivity contribution in [3.8, 4) is 34.3 Å². The molecule has 3 N–H and O–H groups in total. The predicted octanol–water partition coefficient (Wildman–Crippen LogP) is 5.38. The van der Waals surface area contributed by atoms with Gasteiger partial charge in [0, 0.05) is 27.6 Å². The molecule has 66 heavy (non-hydrogen) atoms. The maximum absolute atomic E-state index is 13.3. The summed E-state index contributed by atoms with van der Waals surface area (Å²) in [5, 5.41) is 44.6. The fourth-order valence-electron chi connectivity index (χ4n) is 8.95. The lowest BCUT2D eigenvalue weighted by Gasteiger charge is -2.31. The molecule has 4 aliphatic heterocycles. The summed E-state index contributed by atoms with van der Waals surface area (Å²) >= 11 is 0. The Morgan fingerprint density at radius 1 is 0.758 bits per heavy atom. The van der Waals surface area contributed by atoms with Gasteiger partial charge < -0.3 is 47.7 Å². The van der Waals surface area contributed by atoms with Crippen LogP contribution >= 0.6 is 7.60 Å². The Hall–Kier alpha value is -6.83. The van der Waals surface area contributed by atoms with Gasteiger partial charge in [0.25, 0.3) is 11.1 Å². The van der Waals surface area contributed by atoms with E-state index in [-0.39, 0.29) is 90.6 Å². The van der Waals surface area contributed by atoms with Gasteiger partial charge in [-0.2, -0.15) is 0 Å². The molecule has 0 fully saturated rings. The molecular formula is C45H42N5O15P. The molecule has 0 radical (unpaired) electrons. The number of hydrogen-bond acceptors (Lipinski definition) is 17. The number of esters is 2. The number of nitro benzene ring substituents is 1. The van der Waals surface area contributed by atoms with Crippen LogP contribution in [0.5, 0.6) is 11.5 Å². The predicted molar refractivity (Wildman–Crippen MR) is 234 cm³/mol. The Kier molecular flexibility index (Phi) is 10.9. The molecule has 20 nitrogen and oxygen atoms in total. The quantitative estimate of drug-likeness (QED) is 0.0673. The van der Waals surface area contributed by atoms with E-state index in [4.69, 9.17) is 23.3 Å². The van der Waals surface area contributed by atoms with E-state index < -0.39 is 47.6 Å². The molecule has 0 spiro atoms. The number of pyridine rings is 4. The largest absolute Gasteiger partial charge is 0.508 e. The summed E-state index contributed by atoms with van der Waals surface area (Å²) < 4.78 is 42.0. The number of hydrogen-bond donors (Lipinski definition) is 3. The topological polar surface area (TPSA) is 271 Å². The van der Waals surface area contributed by atoms with Crippen molar-refractivity contribution in [1.82, 2.24) is 19.1 Å². The van der Waals surface area contributed by atoms with Crippen molar-refractivity contribution >= 4 is 47.0 Å². The third-order valence-electron chi connectivity index (χ3n) is 12.3. The highest BCUT2D eigenvalue weighted by Gasteiger charge is 2.47.